The zero-order valence-corrected chi connectivity index (χ0v) is 15.4. The minimum absolute atomic E-state index is 0.0678. The average molecular weight is 373 g/mol. The third-order valence-corrected chi connectivity index (χ3v) is 5.29. The van der Waals surface area contributed by atoms with E-state index in [0.29, 0.717) is 33.0 Å². The summed E-state index contributed by atoms with van der Waals surface area (Å²) in [5.41, 5.74) is 0.989. The molecule has 1 N–H and O–H groups in total. The van der Waals surface area contributed by atoms with Crippen molar-refractivity contribution in [2.45, 2.75) is 6.04 Å². The lowest BCUT2D eigenvalue weighted by Gasteiger charge is -2.34. The van der Waals surface area contributed by atoms with Gasteiger partial charge in [0, 0.05) is 39.1 Å². The van der Waals surface area contributed by atoms with Crippen molar-refractivity contribution < 1.29 is 22.6 Å². The molecule has 2 heterocycles. The van der Waals surface area contributed by atoms with Gasteiger partial charge >= 0.3 is 0 Å². The highest BCUT2D eigenvalue weighted by atomic mass is 32.2. The first-order valence-corrected chi connectivity index (χ1v) is 10.0. The topological polar surface area (TPSA) is 90.0 Å². The molecule has 1 aromatic rings. The largest absolute Gasteiger partial charge is 0.382 e. The van der Waals surface area contributed by atoms with Gasteiger partial charge in [0.15, 0.2) is 0 Å². The van der Waals surface area contributed by atoms with Crippen LogP contribution >= 0.6 is 0 Å². The fourth-order valence-corrected chi connectivity index (χ4v) is 3.50. The molecule has 2 rings (SSSR count). The molecule has 8 nitrogen and oxygen atoms in total. The van der Waals surface area contributed by atoms with E-state index >= 15 is 0 Å². The highest BCUT2D eigenvalue weighted by Crippen LogP contribution is 2.20. The Balaban J connectivity index is 1.90. The second-order valence-electron chi connectivity index (χ2n) is 5.72. The SMILES string of the molecule is COCCOCCS(=O)(=O)NCC(c1cccnc1)N1CCOCC1. The molecule has 1 aliphatic rings. The number of nitrogens with one attached hydrogen (secondary N) is 1. The van der Waals surface area contributed by atoms with Gasteiger partial charge in [-0.1, -0.05) is 6.07 Å². The third-order valence-electron chi connectivity index (χ3n) is 3.98. The Morgan fingerprint density at radius 3 is 2.80 bits per heavy atom. The Bertz CT molecular complexity index is 579. The van der Waals surface area contributed by atoms with E-state index < -0.39 is 10.0 Å². The van der Waals surface area contributed by atoms with Crippen molar-refractivity contribution in [3.8, 4) is 0 Å². The van der Waals surface area contributed by atoms with Crippen molar-refractivity contribution in [3.63, 3.8) is 0 Å². The predicted octanol–water partition coefficient (Wildman–Crippen LogP) is 0.0373. The van der Waals surface area contributed by atoms with Crippen molar-refractivity contribution >= 4 is 10.0 Å². The van der Waals surface area contributed by atoms with Gasteiger partial charge in [-0.15, -0.1) is 0 Å². The smallest absolute Gasteiger partial charge is 0.213 e. The van der Waals surface area contributed by atoms with Gasteiger partial charge in [-0.3, -0.25) is 9.88 Å². The Hall–Kier alpha value is -1.10. The van der Waals surface area contributed by atoms with Crippen LogP contribution in [0.2, 0.25) is 0 Å². The molecule has 1 aliphatic heterocycles. The van der Waals surface area contributed by atoms with Crippen LogP contribution in [0.4, 0.5) is 0 Å². The van der Waals surface area contributed by atoms with E-state index in [2.05, 4.69) is 14.6 Å². The number of hydrogen-bond donors (Lipinski definition) is 1. The lowest BCUT2D eigenvalue weighted by molar-refractivity contribution is 0.0171. The first-order valence-electron chi connectivity index (χ1n) is 8.38. The number of ether oxygens (including phenoxy) is 3. The van der Waals surface area contributed by atoms with Gasteiger partial charge in [-0.2, -0.15) is 0 Å². The summed E-state index contributed by atoms with van der Waals surface area (Å²) >= 11 is 0. The quantitative estimate of drug-likeness (QED) is 0.548. The van der Waals surface area contributed by atoms with Crippen LogP contribution in [0, 0.1) is 0 Å². The molecular formula is C16H27N3O5S. The molecule has 0 aliphatic carbocycles. The minimum atomic E-state index is -3.40. The standard InChI is InChI=1S/C16H27N3O5S/c1-22-9-10-24-11-12-25(20,21)18-14-16(15-3-2-4-17-13-15)19-5-7-23-8-6-19/h2-4,13,16,18H,5-12,14H2,1H3. The second kappa shape index (κ2) is 10.8. The molecule has 1 atom stereocenters. The van der Waals surface area contributed by atoms with Gasteiger partial charge in [-0.25, -0.2) is 13.1 Å². The summed E-state index contributed by atoms with van der Waals surface area (Å²) in [6.07, 6.45) is 3.49. The van der Waals surface area contributed by atoms with Gasteiger partial charge in [0.25, 0.3) is 0 Å². The minimum Gasteiger partial charge on any atom is -0.382 e. The number of sulfonamides is 1. The molecule has 0 bridgehead atoms. The summed E-state index contributed by atoms with van der Waals surface area (Å²) < 4.78 is 42.6. The summed E-state index contributed by atoms with van der Waals surface area (Å²) in [5.74, 6) is -0.0699. The van der Waals surface area contributed by atoms with Crippen molar-refractivity contribution in [2.75, 3.05) is 65.5 Å². The van der Waals surface area contributed by atoms with E-state index in [0.717, 1.165) is 18.7 Å². The molecule has 0 radical (unpaired) electrons. The summed E-state index contributed by atoms with van der Waals surface area (Å²) in [6.45, 7) is 4.11. The second-order valence-corrected chi connectivity index (χ2v) is 7.65. The maximum atomic E-state index is 12.2. The highest BCUT2D eigenvalue weighted by Gasteiger charge is 2.24. The number of pyridine rings is 1. The van der Waals surface area contributed by atoms with Crippen LogP contribution in [0.1, 0.15) is 11.6 Å². The van der Waals surface area contributed by atoms with Crippen LogP contribution in [0.3, 0.4) is 0 Å². The molecular weight excluding hydrogens is 346 g/mol. The zero-order chi connectivity index (χ0) is 18.0. The van der Waals surface area contributed by atoms with Crippen molar-refractivity contribution in [1.82, 2.24) is 14.6 Å². The lowest BCUT2D eigenvalue weighted by atomic mass is 10.1. The maximum Gasteiger partial charge on any atom is 0.213 e. The van der Waals surface area contributed by atoms with Crippen LogP contribution in [0.5, 0.6) is 0 Å². The van der Waals surface area contributed by atoms with Crippen LogP contribution in [0.25, 0.3) is 0 Å². The predicted molar refractivity (Wildman–Crippen MR) is 93.9 cm³/mol. The van der Waals surface area contributed by atoms with Crippen molar-refractivity contribution in [2.24, 2.45) is 0 Å². The zero-order valence-electron chi connectivity index (χ0n) is 14.6. The number of morpholine rings is 1. The van der Waals surface area contributed by atoms with Crippen molar-refractivity contribution in [1.29, 1.82) is 0 Å². The van der Waals surface area contributed by atoms with E-state index in [1.807, 2.05) is 12.1 Å². The first-order chi connectivity index (χ1) is 12.1. The molecule has 0 aromatic carbocycles. The van der Waals surface area contributed by atoms with E-state index in [-0.39, 0.29) is 18.4 Å². The molecule has 1 fully saturated rings. The van der Waals surface area contributed by atoms with Crippen LogP contribution < -0.4 is 4.72 Å². The molecule has 0 spiro atoms. The Labute approximate surface area is 149 Å². The molecule has 0 amide bonds. The Kier molecular flexibility index (Phi) is 8.73. The molecule has 0 saturated carbocycles. The normalized spacial score (nSPS) is 17.5. The molecule has 1 aromatic heterocycles. The number of hydrogen-bond acceptors (Lipinski definition) is 7. The van der Waals surface area contributed by atoms with Gasteiger partial charge in [-0.05, 0) is 11.6 Å². The first kappa shape index (κ1) is 20.2. The molecule has 25 heavy (non-hydrogen) atoms. The molecule has 142 valence electrons. The molecule has 1 saturated heterocycles. The summed E-state index contributed by atoms with van der Waals surface area (Å²) in [4.78, 5) is 6.38. The van der Waals surface area contributed by atoms with E-state index in [1.165, 1.54) is 0 Å². The fraction of sp³-hybridized carbons (Fsp3) is 0.688. The van der Waals surface area contributed by atoms with Gasteiger partial charge in [0.2, 0.25) is 10.0 Å². The average Bonchev–Trinajstić information content (AvgIpc) is 2.63. The van der Waals surface area contributed by atoms with Crippen LogP contribution in [-0.4, -0.2) is 83.8 Å². The number of aromatic nitrogens is 1. The number of rotatable bonds is 11. The molecule has 1 unspecified atom stereocenters. The van der Waals surface area contributed by atoms with Gasteiger partial charge in [0.1, 0.15) is 0 Å². The maximum absolute atomic E-state index is 12.2. The number of nitrogens with zero attached hydrogens (tertiary/aromatic N) is 2. The Morgan fingerprint density at radius 1 is 1.32 bits per heavy atom. The fourth-order valence-electron chi connectivity index (χ4n) is 2.61. The van der Waals surface area contributed by atoms with Crippen LogP contribution in [0.15, 0.2) is 24.5 Å². The van der Waals surface area contributed by atoms with Crippen LogP contribution in [-0.2, 0) is 24.2 Å². The van der Waals surface area contributed by atoms with Crippen molar-refractivity contribution in [3.05, 3.63) is 30.1 Å². The summed E-state index contributed by atoms with van der Waals surface area (Å²) in [5, 5.41) is 0. The lowest BCUT2D eigenvalue weighted by Crippen LogP contribution is -2.44. The summed E-state index contributed by atoms with van der Waals surface area (Å²) in [6, 6.07) is 3.76. The molecule has 9 heteroatoms. The monoisotopic (exact) mass is 373 g/mol. The van der Waals surface area contributed by atoms with E-state index in [4.69, 9.17) is 14.2 Å². The van der Waals surface area contributed by atoms with Gasteiger partial charge < -0.3 is 14.2 Å². The highest BCUT2D eigenvalue weighted by molar-refractivity contribution is 7.89. The van der Waals surface area contributed by atoms with E-state index in [9.17, 15) is 8.42 Å². The Morgan fingerprint density at radius 2 is 2.12 bits per heavy atom. The van der Waals surface area contributed by atoms with E-state index in [1.54, 1.807) is 19.5 Å². The third kappa shape index (κ3) is 7.35. The summed E-state index contributed by atoms with van der Waals surface area (Å²) in [7, 11) is -1.83. The van der Waals surface area contributed by atoms with Gasteiger partial charge in [0.05, 0.1) is 44.8 Å². The number of methoxy groups -OCH3 is 1.